The minimum atomic E-state index is 0.340. The van der Waals surface area contributed by atoms with Crippen LogP contribution < -0.4 is 19.3 Å². The van der Waals surface area contributed by atoms with Gasteiger partial charge in [-0.15, -0.1) is 6.42 Å². The number of benzene rings is 10. The zero-order chi connectivity index (χ0) is 80.8. The SMILES string of the molecule is [C-]#[N+]/C(C)=C\c1cc(OC#CC#CC#CC#C)c(/C=C(\C#N)c2ccc3c4ccc(/C(=C/c5cc(N(c6ccccc6)c6ccccc6)c(/C=C(\C#N)c6ccc7c8ccc(C)cc8n(CCCCCCCC)c7c6)cc5N(c5ccccc5)c5ccccc5)[N+]#[C-])cc4n(CCCCCCCC)c3c2)cc1OCCCCCCCC. The lowest BCUT2D eigenvalue weighted by Gasteiger charge is -2.31. The average Bonchev–Trinajstić information content (AvgIpc) is 1.57. The number of hydrogen-bond donors (Lipinski definition) is 0. The van der Waals surface area contributed by atoms with E-state index in [-0.39, 0.29) is 0 Å². The fraction of sp³-hybridized carbons (Fsp3) is 0.245. The minimum Gasteiger partial charge on any atom is -0.493 e. The van der Waals surface area contributed by atoms with Gasteiger partial charge in [0.25, 0.3) is 0 Å². The van der Waals surface area contributed by atoms with E-state index in [0.717, 1.165) is 166 Å². The van der Waals surface area contributed by atoms with Gasteiger partial charge in [0, 0.05) is 114 Å². The van der Waals surface area contributed by atoms with E-state index >= 15 is 0 Å². The van der Waals surface area contributed by atoms with Gasteiger partial charge in [0.2, 0.25) is 0 Å². The van der Waals surface area contributed by atoms with Crippen molar-refractivity contribution in [3.63, 3.8) is 0 Å². The Balaban J connectivity index is 1.05. The molecule has 574 valence electrons. The summed E-state index contributed by atoms with van der Waals surface area (Å²) < 4.78 is 17.6. The summed E-state index contributed by atoms with van der Waals surface area (Å²) in [5.74, 6) is 16.2. The Morgan fingerprint density at radius 1 is 0.414 bits per heavy atom. The highest BCUT2D eigenvalue weighted by molar-refractivity contribution is 6.12. The smallest absolute Gasteiger partial charge is 0.195 e. The first kappa shape index (κ1) is 81.6. The Bertz CT molecular complexity index is 5960. The topological polar surface area (TPSA) is 91.1 Å². The number of aromatic nitrogens is 2. The maximum absolute atomic E-state index is 11.8. The summed E-state index contributed by atoms with van der Waals surface area (Å²) in [6, 6.07) is 80.6. The number of allylic oxidation sites excluding steroid dienone is 3. The second-order valence-electron chi connectivity index (χ2n) is 29.4. The van der Waals surface area contributed by atoms with Crippen LogP contribution in [0.1, 0.15) is 188 Å². The summed E-state index contributed by atoms with van der Waals surface area (Å²) in [5.41, 5.74) is 17.4. The highest BCUT2D eigenvalue weighted by Crippen LogP contribution is 2.47. The molecule has 0 radical (unpaired) electrons. The number of para-hydroxylation sites is 4. The summed E-state index contributed by atoms with van der Waals surface area (Å²) >= 11 is 0. The van der Waals surface area contributed by atoms with Crippen molar-refractivity contribution in [1.29, 1.82) is 10.5 Å². The number of rotatable bonds is 36. The molecule has 12 aromatic rings. The quantitative estimate of drug-likeness (QED) is 0.0128. The van der Waals surface area contributed by atoms with Gasteiger partial charge in [0.1, 0.15) is 17.6 Å². The number of anilines is 6. The van der Waals surface area contributed by atoms with E-state index in [1.165, 1.54) is 61.4 Å². The number of aryl methyl sites for hydroxylation is 3. The van der Waals surface area contributed by atoms with E-state index < -0.39 is 0 Å². The van der Waals surface area contributed by atoms with Crippen molar-refractivity contribution < 1.29 is 9.47 Å². The molecule has 10 heteroatoms. The van der Waals surface area contributed by atoms with Gasteiger partial charge in [0.15, 0.2) is 11.4 Å². The molecule has 0 bridgehead atoms. The van der Waals surface area contributed by atoms with Gasteiger partial charge in [0.05, 0.1) is 54.4 Å². The first-order valence-electron chi connectivity index (χ1n) is 41.0. The van der Waals surface area contributed by atoms with Gasteiger partial charge >= 0.3 is 0 Å². The largest absolute Gasteiger partial charge is 0.493 e. The molecule has 0 spiro atoms. The molecule has 0 aliphatic heterocycles. The van der Waals surface area contributed by atoms with Gasteiger partial charge in [-0.2, -0.15) is 10.5 Å². The van der Waals surface area contributed by atoms with Crippen LogP contribution in [0.2, 0.25) is 0 Å². The van der Waals surface area contributed by atoms with E-state index in [9.17, 15) is 17.1 Å². The third-order valence-corrected chi connectivity index (χ3v) is 21.2. The van der Waals surface area contributed by atoms with Crippen LogP contribution in [0.15, 0.2) is 224 Å². The maximum Gasteiger partial charge on any atom is 0.195 e. The highest BCUT2D eigenvalue weighted by atomic mass is 16.5. The number of hydrogen-bond acceptors (Lipinski definition) is 6. The Kier molecular flexibility index (Phi) is 29.3. The number of unbranched alkanes of at least 4 members (excludes halogenated alkanes) is 15. The van der Waals surface area contributed by atoms with Crippen molar-refractivity contribution in [2.45, 2.75) is 163 Å². The summed E-state index contributed by atoms with van der Waals surface area (Å²) in [6.07, 6.45) is 35.9. The van der Waals surface area contributed by atoms with Crippen molar-refractivity contribution in [2.75, 3.05) is 16.4 Å². The second-order valence-corrected chi connectivity index (χ2v) is 29.4. The molecular weight excluding hydrogens is 1420 g/mol. The van der Waals surface area contributed by atoms with Gasteiger partial charge in [-0.25, -0.2) is 9.69 Å². The fourth-order valence-corrected chi connectivity index (χ4v) is 15.4. The third-order valence-electron chi connectivity index (χ3n) is 21.2. The zero-order valence-corrected chi connectivity index (χ0v) is 67.4. The maximum atomic E-state index is 11.8. The molecule has 0 aliphatic rings. The van der Waals surface area contributed by atoms with Gasteiger partial charge in [-0.05, 0) is 194 Å². The van der Waals surface area contributed by atoms with Gasteiger partial charge in [-0.1, -0.05) is 244 Å². The number of fused-ring (bicyclic) bond motifs is 6. The van der Waals surface area contributed by atoms with Crippen LogP contribution in [0.3, 0.4) is 0 Å². The molecule has 2 aromatic heterocycles. The van der Waals surface area contributed by atoms with E-state index in [1.54, 1.807) is 25.1 Å². The van der Waals surface area contributed by atoms with Crippen molar-refractivity contribution in [3.8, 4) is 71.7 Å². The molecule has 0 fully saturated rings. The molecule has 10 aromatic carbocycles. The number of ether oxygens (including phenoxy) is 2. The predicted molar refractivity (Wildman–Crippen MR) is 486 cm³/mol. The van der Waals surface area contributed by atoms with Crippen LogP contribution in [-0.2, 0) is 13.1 Å². The lowest BCUT2D eigenvalue weighted by atomic mass is 9.96. The zero-order valence-electron chi connectivity index (χ0n) is 67.4. The first-order valence-corrected chi connectivity index (χ1v) is 41.0. The third kappa shape index (κ3) is 20.3. The molecule has 0 unspecified atom stereocenters. The van der Waals surface area contributed by atoms with Crippen LogP contribution in [0.25, 0.3) is 94.4 Å². The van der Waals surface area contributed by atoms with Crippen LogP contribution in [0.5, 0.6) is 11.5 Å². The highest BCUT2D eigenvalue weighted by Gasteiger charge is 2.25. The molecule has 0 aliphatic carbocycles. The van der Waals surface area contributed by atoms with Gasteiger partial charge in [-0.3, -0.25) is 0 Å². The monoisotopic (exact) mass is 1510 g/mol. The Hall–Kier alpha value is -13.8. The van der Waals surface area contributed by atoms with Crippen molar-refractivity contribution in [3.05, 3.63) is 291 Å². The standard InChI is InChI=1S/C106H98N8O2/c1-9-13-17-21-25-41-61-111-101-65-79(5)53-57-94(101)95-58-54-81(70-102(95)111)88(77-107)67-84-73-100(114(92-49-37-31-38-50-92)93-51-39-32-40-52-93)85(74-99(84)113(90-45-33-29-34-46-90)91-47-35-30-36-48-91)69-98(110-8)83-56-60-97-96-59-55-82(71-103(96)112(104(97)72-83)62-42-26-22-18-14-10-2)89(78-108)68-87-76-105(115-63-43-27-23-19-15-11-3)86(66-80(6)109-7)75-106(87)116-64-44-28-24-20-16-12-4/h4,29-40,45-60,65-76H,9-11,13-15,17-19,21-23,25-27,41-43,61-63H2,1-3,5-6H3/b80-66-,88-67+,89-68+,98-69-. The number of nitrogens with zero attached hydrogens (tertiary/aromatic N) is 8. The van der Waals surface area contributed by atoms with Crippen LogP contribution in [0, 0.1) is 90.8 Å². The average molecular weight is 1520 g/mol. The number of nitriles is 2. The Labute approximate surface area is 686 Å². The van der Waals surface area contributed by atoms with Crippen molar-refractivity contribution in [2.24, 2.45) is 0 Å². The van der Waals surface area contributed by atoms with Crippen LogP contribution in [0.4, 0.5) is 34.1 Å². The van der Waals surface area contributed by atoms with Crippen LogP contribution in [-0.4, -0.2) is 15.7 Å². The summed E-state index contributed by atoms with van der Waals surface area (Å²) in [6.45, 7) is 29.8. The summed E-state index contributed by atoms with van der Waals surface area (Å²) in [5, 5.41) is 27.5. The van der Waals surface area contributed by atoms with Crippen molar-refractivity contribution >= 4 is 119 Å². The van der Waals surface area contributed by atoms with Crippen molar-refractivity contribution in [1.82, 2.24) is 9.13 Å². The molecule has 0 saturated heterocycles. The molecule has 0 atom stereocenters. The Morgan fingerprint density at radius 3 is 1.28 bits per heavy atom. The lowest BCUT2D eigenvalue weighted by molar-refractivity contribution is 0.303. The molecule has 116 heavy (non-hydrogen) atoms. The van der Waals surface area contributed by atoms with E-state index in [1.807, 2.05) is 66.7 Å². The number of terminal acetylenes is 1. The van der Waals surface area contributed by atoms with Gasteiger partial charge < -0.3 is 28.4 Å². The molecule has 12 rings (SSSR count). The molecule has 2 heterocycles. The van der Waals surface area contributed by atoms with E-state index in [0.29, 0.717) is 63.9 Å². The summed E-state index contributed by atoms with van der Waals surface area (Å²) in [4.78, 5) is 12.7. The molecule has 0 amide bonds. The lowest BCUT2D eigenvalue weighted by Crippen LogP contribution is -2.15. The summed E-state index contributed by atoms with van der Waals surface area (Å²) in [7, 11) is 0. The van der Waals surface area contributed by atoms with E-state index in [4.69, 9.17) is 22.5 Å². The van der Waals surface area contributed by atoms with Crippen LogP contribution >= 0.6 is 0 Å². The second kappa shape index (κ2) is 41.6. The molecule has 10 nitrogen and oxygen atoms in total. The molecule has 0 N–H and O–H groups in total. The predicted octanol–water partition coefficient (Wildman–Crippen LogP) is 28.4. The fourth-order valence-electron chi connectivity index (χ4n) is 15.4. The first-order chi connectivity index (χ1) is 57.1. The Morgan fingerprint density at radius 2 is 0.810 bits per heavy atom. The molecule has 0 saturated carbocycles. The normalized spacial score (nSPS) is 11.5. The van der Waals surface area contributed by atoms with E-state index in [2.05, 4.69) is 268 Å². The molecular formula is C106H98N8O2. The minimum absolute atomic E-state index is 0.340.